The molecule has 1 aromatic heterocycles. The normalized spacial score (nSPS) is 14.1. The van der Waals surface area contributed by atoms with Gasteiger partial charge in [0, 0.05) is 11.9 Å². The van der Waals surface area contributed by atoms with Gasteiger partial charge in [-0.2, -0.15) is 9.57 Å². The van der Waals surface area contributed by atoms with Crippen molar-refractivity contribution >= 4 is 33.2 Å². The minimum absolute atomic E-state index is 0.0261. The second kappa shape index (κ2) is 10.0. The number of nitriles is 1. The van der Waals surface area contributed by atoms with Crippen LogP contribution in [-0.2, 0) is 27.7 Å². The smallest absolute Gasteiger partial charge is 0.272 e. The molecule has 2 amide bonds. The van der Waals surface area contributed by atoms with Crippen molar-refractivity contribution in [1.82, 2.24) is 15.2 Å². The van der Waals surface area contributed by atoms with Crippen LogP contribution in [0.15, 0.2) is 35.2 Å². The van der Waals surface area contributed by atoms with Crippen LogP contribution in [-0.4, -0.2) is 38.1 Å². The van der Waals surface area contributed by atoms with Gasteiger partial charge >= 0.3 is 0 Å². The van der Waals surface area contributed by atoms with E-state index < -0.39 is 28.4 Å². The number of rotatable bonds is 5. The third-order valence-electron chi connectivity index (χ3n) is 5.09. The fourth-order valence-electron chi connectivity index (χ4n) is 3.35. The van der Waals surface area contributed by atoms with Crippen molar-refractivity contribution in [1.29, 1.82) is 5.26 Å². The molecular weight excluding hydrogens is 436 g/mol. The molecule has 1 aliphatic rings. The minimum Gasteiger partial charge on any atom is -0.272 e. The second-order valence-electron chi connectivity index (χ2n) is 7.37. The number of likely N-dealkylation sites (N-methyl/N-ethyl adjacent to an activating group) is 1. The van der Waals surface area contributed by atoms with Crippen molar-refractivity contribution < 1.29 is 18.0 Å². The van der Waals surface area contributed by atoms with Gasteiger partial charge in [-0.25, -0.2) is 8.42 Å². The largest absolute Gasteiger partial charge is 0.279 e. The maximum absolute atomic E-state index is 12.6. The minimum atomic E-state index is -3.91. The summed E-state index contributed by atoms with van der Waals surface area (Å²) in [5.74, 6) is -1.08. The van der Waals surface area contributed by atoms with E-state index in [1.165, 1.54) is 65.9 Å². The molecule has 0 spiro atoms. The Morgan fingerprint density at radius 3 is 2.45 bits per heavy atom. The zero-order valence-corrected chi connectivity index (χ0v) is 18.8. The summed E-state index contributed by atoms with van der Waals surface area (Å²) in [6.45, 7) is -0.469. The van der Waals surface area contributed by atoms with E-state index in [-0.39, 0.29) is 4.90 Å². The number of thiophene rings is 1. The number of benzene rings is 1. The highest BCUT2D eigenvalue weighted by atomic mass is 32.2. The van der Waals surface area contributed by atoms with Crippen molar-refractivity contribution in [2.24, 2.45) is 0 Å². The lowest BCUT2D eigenvalue weighted by atomic mass is 10.00. The van der Waals surface area contributed by atoms with Crippen molar-refractivity contribution in [3.63, 3.8) is 0 Å². The molecule has 0 aliphatic heterocycles. The van der Waals surface area contributed by atoms with E-state index in [4.69, 9.17) is 5.26 Å². The van der Waals surface area contributed by atoms with E-state index in [1.807, 2.05) is 12.1 Å². The van der Waals surface area contributed by atoms with Crippen LogP contribution in [0.25, 0.3) is 0 Å². The van der Waals surface area contributed by atoms with E-state index >= 15 is 0 Å². The zero-order valence-electron chi connectivity index (χ0n) is 17.2. The highest BCUT2D eigenvalue weighted by Gasteiger charge is 2.23. The Hall–Kier alpha value is -2.74. The van der Waals surface area contributed by atoms with E-state index in [0.717, 1.165) is 30.0 Å². The molecule has 0 saturated heterocycles. The van der Waals surface area contributed by atoms with Crippen molar-refractivity contribution in [3.8, 4) is 6.07 Å². The fourth-order valence-corrected chi connectivity index (χ4v) is 5.63. The first-order valence-electron chi connectivity index (χ1n) is 9.98. The molecular formula is C21H24N4O4S2. The molecule has 0 unspecified atom stereocenters. The standard InChI is InChI=1S/C21H24N4O4S2/c1-25(31(28,29)17-10-8-15(13-22)9-11-17)14-20(26)23-24-21(27)19-12-16-6-4-2-3-5-7-18(16)30-19/h8-12H,2-7,14H2,1H3,(H,23,26)(H,24,27). The summed E-state index contributed by atoms with van der Waals surface area (Å²) in [5.41, 5.74) is 6.18. The van der Waals surface area contributed by atoms with E-state index in [2.05, 4.69) is 10.9 Å². The maximum atomic E-state index is 12.6. The van der Waals surface area contributed by atoms with Gasteiger partial charge in [-0.05, 0) is 61.6 Å². The topological polar surface area (TPSA) is 119 Å². The van der Waals surface area contributed by atoms with Gasteiger partial charge in [0.2, 0.25) is 10.0 Å². The third-order valence-corrected chi connectivity index (χ3v) is 8.15. The van der Waals surface area contributed by atoms with Gasteiger partial charge in [-0.15, -0.1) is 11.3 Å². The monoisotopic (exact) mass is 460 g/mol. The summed E-state index contributed by atoms with van der Waals surface area (Å²) >= 11 is 1.44. The van der Waals surface area contributed by atoms with Crippen LogP contribution in [0.2, 0.25) is 0 Å². The third kappa shape index (κ3) is 5.70. The van der Waals surface area contributed by atoms with E-state index in [1.54, 1.807) is 0 Å². The van der Waals surface area contributed by atoms with Gasteiger partial charge in [-0.3, -0.25) is 20.4 Å². The maximum Gasteiger partial charge on any atom is 0.279 e. The first-order valence-corrected chi connectivity index (χ1v) is 12.2. The molecule has 10 heteroatoms. The van der Waals surface area contributed by atoms with E-state index in [9.17, 15) is 18.0 Å². The number of nitrogens with zero attached hydrogens (tertiary/aromatic N) is 2. The van der Waals surface area contributed by atoms with Crippen molar-refractivity contribution in [3.05, 3.63) is 51.2 Å². The van der Waals surface area contributed by atoms with Crippen LogP contribution in [0.1, 0.15) is 51.4 Å². The number of hydrazine groups is 1. The predicted molar refractivity (Wildman–Crippen MR) is 117 cm³/mol. The summed E-state index contributed by atoms with van der Waals surface area (Å²) in [5, 5.41) is 8.82. The zero-order chi connectivity index (χ0) is 22.4. The first kappa shape index (κ1) is 22.9. The Morgan fingerprint density at radius 2 is 1.77 bits per heavy atom. The summed E-state index contributed by atoms with van der Waals surface area (Å²) in [6.07, 6.45) is 6.56. The van der Waals surface area contributed by atoms with Gasteiger partial charge < -0.3 is 0 Å². The lowest BCUT2D eigenvalue weighted by molar-refractivity contribution is -0.121. The average molecular weight is 461 g/mol. The van der Waals surface area contributed by atoms with Gasteiger partial charge in [0.15, 0.2) is 0 Å². The number of aryl methyl sites for hydroxylation is 2. The number of hydrogen-bond acceptors (Lipinski definition) is 6. The summed E-state index contributed by atoms with van der Waals surface area (Å²) in [6, 6.07) is 9.22. The molecule has 8 nitrogen and oxygen atoms in total. The average Bonchev–Trinajstić information content (AvgIpc) is 3.13. The highest BCUT2D eigenvalue weighted by Crippen LogP contribution is 2.28. The number of hydrogen-bond donors (Lipinski definition) is 2. The van der Waals surface area contributed by atoms with Gasteiger partial charge in [-0.1, -0.05) is 12.8 Å². The number of carbonyl (C=O) groups is 2. The molecule has 2 aromatic rings. The highest BCUT2D eigenvalue weighted by molar-refractivity contribution is 7.89. The van der Waals surface area contributed by atoms with Crippen LogP contribution >= 0.6 is 11.3 Å². The summed E-state index contributed by atoms with van der Waals surface area (Å²) < 4.78 is 26.0. The van der Waals surface area contributed by atoms with Crippen molar-refractivity contribution in [2.75, 3.05) is 13.6 Å². The molecule has 2 N–H and O–H groups in total. The summed E-state index contributed by atoms with van der Waals surface area (Å²) in [4.78, 5) is 26.3. The Kier molecular flexibility index (Phi) is 7.43. The molecule has 1 aromatic carbocycles. The Labute approximate surface area is 185 Å². The van der Waals surface area contributed by atoms with E-state index in [0.29, 0.717) is 10.4 Å². The van der Waals surface area contributed by atoms with Crippen molar-refractivity contribution in [2.45, 2.75) is 43.4 Å². The van der Waals surface area contributed by atoms with Crippen LogP contribution in [0.5, 0.6) is 0 Å². The SMILES string of the molecule is CN(CC(=O)NNC(=O)c1cc2c(s1)CCCCCC2)S(=O)(=O)c1ccc(C#N)cc1. The van der Waals surface area contributed by atoms with Gasteiger partial charge in [0.1, 0.15) is 0 Å². The van der Waals surface area contributed by atoms with Crippen LogP contribution < -0.4 is 10.9 Å². The molecule has 31 heavy (non-hydrogen) atoms. The molecule has 164 valence electrons. The fraction of sp³-hybridized carbons (Fsp3) is 0.381. The number of amides is 2. The molecule has 0 saturated carbocycles. The molecule has 0 fully saturated rings. The Balaban J connectivity index is 1.56. The predicted octanol–water partition coefficient (Wildman–Crippen LogP) is 2.36. The molecule has 0 radical (unpaired) electrons. The lowest BCUT2D eigenvalue weighted by Crippen LogP contribution is -2.46. The van der Waals surface area contributed by atoms with Crippen LogP contribution in [0.3, 0.4) is 0 Å². The Morgan fingerprint density at radius 1 is 1.10 bits per heavy atom. The second-order valence-corrected chi connectivity index (χ2v) is 10.6. The molecule has 1 aliphatic carbocycles. The number of carbonyl (C=O) groups excluding carboxylic acids is 2. The first-order chi connectivity index (χ1) is 14.8. The Bertz CT molecular complexity index is 1080. The number of nitrogens with one attached hydrogen (secondary N) is 2. The molecule has 0 atom stereocenters. The number of fused-ring (bicyclic) bond motifs is 1. The van der Waals surface area contributed by atoms with Crippen LogP contribution in [0.4, 0.5) is 0 Å². The number of sulfonamides is 1. The van der Waals surface area contributed by atoms with Gasteiger partial charge in [0.05, 0.1) is 28.0 Å². The summed E-state index contributed by atoms with van der Waals surface area (Å²) in [7, 11) is -2.63. The molecule has 0 bridgehead atoms. The van der Waals surface area contributed by atoms with Crippen LogP contribution in [0, 0.1) is 11.3 Å². The molecule has 3 rings (SSSR count). The molecule has 1 heterocycles. The van der Waals surface area contributed by atoms with Gasteiger partial charge in [0.25, 0.3) is 11.8 Å². The quantitative estimate of drug-likeness (QED) is 0.664. The lowest BCUT2D eigenvalue weighted by Gasteiger charge is -2.17.